The molecule has 106 valence electrons. The van der Waals surface area contributed by atoms with E-state index < -0.39 is 0 Å². The molecule has 2 aromatic carbocycles. The van der Waals surface area contributed by atoms with Crippen LogP contribution in [0.2, 0.25) is 0 Å². The lowest BCUT2D eigenvalue weighted by Crippen LogP contribution is -2.21. The van der Waals surface area contributed by atoms with Crippen LogP contribution in [-0.2, 0) is 6.54 Å². The van der Waals surface area contributed by atoms with Gasteiger partial charge in [-0.1, -0.05) is 44.2 Å². The normalized spacial score (nSPS) is 10.8. The van der Waals surface area contributed by atoms with Crippen LogP contribution in [-0.4, -0.2) is 6.04 Å². The molecule has 0 aliphatic heterocycles. The second-order valence-electron chi connectivity index (χ2n) is 5.50. The summed E-state index contributed by atoms with van der Waals surface area (Å²) in [5, 5.41) is 3.43. The third-order valence-electron chi connectivity index (χ3n) is 3.27. The van der Waals surface area contributed by atoms with Gasteiger partial charge in [-0.15, -0.1) is 0 Å². The van der Waals surface area contributed by atoms with Crippen LogP contribution in [0.5, 0.6) is 11.5 Å². The number of para-hydroxylation sites is 1. The van der Waals surface area contributed by atoms with Gasteiger partial charge in [-0.2, -0.15) is 0 Å². The highest BCUT2D eigenvalue weighted by molar-refractivity contribution is 5.42. The summed E-state index contributed by atoms with van der Waals surface area (Å²) in [6.07, 6.45) is 0. The minimum Gasteiger partial charge on any atom is -0.457 e. The number of hydrogen-bond donors (Lipinski definition) is 1. The van der Waals surface area contributed by atoms with Crippen molar-refractivity contribution >= 4 is 0 Å². The van der Waals surface area contributed by atoms with Gasteiger partial charge in [0.2, 0.25) is 0 Å². The summed E-state index contributed by atoms with van der Waals surface area (Å²) in [5.41, 5.74) is 3.60. The van der Waals surface area contributed by atoms with Gasteiger partial charge in [0.15, 0.2) is 0 Å². The first-order valence-electron chi connectivity index (χ1n) is 7.12. The van der Waals surface area contributed by atoms with Crippen molar-refractivity contribution < 1.29 is 4.74 Å². The van der Waals surface area contributed by atoms with Gasteiger partial charge in [0.05, 0.1) is 0 Å². The molecule has 0 heterocycles. The van der Waals surface area contributed by atoms with Crippen LogP contribution in [0.3, 0.4) is 0 Å². The molecule has 2 aromatic rings. The highest BCUT2D eigenvalue weighted by Crippen LogP contribution is 2.27. The van der Waals surface area contributed by atoms with Crippen molar-refractivity contribution in [1.29, 1.82) is 0 Å². The standard InChI is InChI=1S/C18H23NO/c1-13(2)19-12-16-9-10-18(15(4)11-16)20-17-8-6-5-7-14(17)3/h5-11,13,19H,12H2,1-4H3. The van der Waals surface area contributed by atoms with Crippen molar-refractivity contribution in [2.75, 3.05) is 0 Å². The Balaban J connectivity index is 2.12. The Labute approximate surface area is 121 Å². The van der Waals surface area contributed by atoms with Crippen LogP contribution in [0, 0.1) is 13.8 Å². The smallest absolute Gasteiger partial charge is 0.130 e. The van der Waals surface area contributed by atoms with E-state index in [4.69, 9.17) is 4.74 Å². The van der Waals surface area contributed by atoms with Crippen LogP contribution < -0.4 is 10.1 Å². The summed E-state index contributed by atoms with van der Waals surface area (Å²) < 4.78 is 6.00. The van der Waals surface area contributed by atoms with Gasteiger partial charge in [-0.3, -0.25) is 0 Å². The van der Waals surface area contributed by atoms with Crippen LogP contribution in [0.1, 0.15) is 30.5 Å². The molecular formula is C18H23NO. The third-order valence-corrected chi connectivity index (χ3v) is 3.27. The van der Waals surface area contributed by atoms with E-state index in [1.54, 1.807) is 0 Å². The Kier molecular flexibility index (Phi) is 4.80. The fourth-order valence-electron chi connectivity index (χ4n) is 2.05. The van der Waals surface area contributed by atoms with E-state index in [1.807, 2.05) is 18.2 Å². The summed E-state index contributed by atoms with van der Waals surface area (Å²) in [6.45, 7) is 9.35. The van der Waals surface area contributed by atoms with E-state index >= 15 is 0 Å². The van der Waals surface area contributed by atoms with Gasteiger partial charge in [-0.25, -0.2) is 0 Å². The molecule has 0 amide bonds. The number of rotatable bonds is 5. The summed E-state index contributed by atoms with van der Waals surface area (Å²) in [7, 11) is 0. The van der Waals surface area contributed by atoms with Crippen molar-refractivity contribution in [2.24, 2.45) is 0 Å². The molecule has 0 saturated carbocycles. The number of nitrogens with one attached hydrogen (secondary N) is 1. The van der Waals surface area contributed by atoms with Crippen molar-refractivity contribution in [3.8, 4) is 11.5 Å². The number of aryl methyl sites for hydroxylation is 2. The van der Waals surface area contributed by atoms with Crippen LogP contribution >= 0.6 is 0 Å². The van der Waals surface area contributed by atoms with Crippen molar-refractivity contribution in [3.63, 3.8) is 0 Å². The molecule has 0 spiro atoms. The predicted molar refractivity (Wildman–Crippen MR) is 84.4 cm³/mol. The first-order valence-corrected chi connectivity index (χ1v) is 7.12. The van der Waals surface area contributed by atoms with Crippen molar-refractivity contribution in [2.45, 2.75) is 40.3 Å². The summed E-state index contributed by atoms with van der Waals surface area (Å²) in [5.74, 6) is 1.84. The van der Waals surface area contributed by atoms with E-state index in [0.717, 1.165) is 29.2 Å². The molecule has 2 heteroatoms. The van der Waals surface area contributed by atoms with Gasteiger partial charge in [0.25, 0.3) is 0 Å². The second kappa shape index (κ2) is 6.58. The van der Waals surface area contributed by atoms with Gasteiger partial charge < -0.3 is 10.1 Å². The predicted octanol–water partition coefficient (Wildman–Crippen LogP) is 4.59. The zero-order valence-corrected chi connectivity index (χ0v) is 12.7. The zero-order chi connectivity index (χ0) is 14.5. The van der Waals surface area contributed by atoms with Crippen LogP contribution in [0.4, 0.5) is 0 Å². The second-order valence-corrected chi connectivity index (χ2v) is 5.50. The highest BCUT2D eigenvalue weighted by Gasteiger charge is 2.05. The number of hydrogen-bond acceptors (Lipinski definition) is 2. The van der Waals surface area contributed by atoms with E-state index in [-0.39, 0.29) is 0 Å². The largest absolute Gasteiger partial charge is 0.457 e. The zero-order valence-electron chi connectivity index (χ0n) is 12.7. The van der Waals surface area contributed by atoms with Gasteiger partial charge in [0, 0.05) is 12.6 Å². The molecule has 20 heavy (non-hydrogen) atoms. The molecule has 2 rings (SSSR count). The van der Waals surface area contributed by atoms with Gasteiger partial charge in [0.1, 0.15) is 11.5 Å². The minimum absolute atomic E-state index is 0.498. The molecule has 0 aliphatic rings. The molecule has 0 aromatic heterocycles. The van der Waals surface area contributed by atoms with E-state index in [1.165, 1.54) is 5.56 Å². The van der Waals surface area contributed by atoms with Crippen LogP contribution in [0.25, 0.3) is 0 Å². The molecule has 0 aliphatic carbocycles. The first-order chi connectivity index (χ1) is 9.56. The lowest BCUT2D eigenvalue weighted by Gasteiger charge is -2.13. The summed E-state index contributed by atoms with van der Waals surface area (Å²) in [4.78, 5) is 0. The Morgan fingerprint density at radius 3 is 2.30 bits per heavy atom. The Morgan fingerprint density at radius 1 is 0.950 bits per heavy atom. The Morgan fingerprint density at radius 2 is 1.65 bits per heavy atom. The molecule has 0 bridgehead atoms. The van der Waals surface area contributed by atoms with E-state index in [0.29, 0.717) is 6.04 Å². The molecule has 0 unspecified atom stereocenters. The van der Waals surface area contributed by atoms with E-state index in [9.17, 15) is 0 Å². The molecule has 1 N–H and O–H groups in total. The maximum Gasteiger partial charge on any atom is 0.130 e. The molecule has 0 saturated heterocycles. The Bertz CT molecular complexity index is 575. The molecule has 2 nitrogen and oxygen atoms in total. The van der Waals surface area contributed by atoms with Crippen molar-refractivity contribution in [3.05, 3.63) is 59.2 Å². The van der Waals surface area contributed by atoms with Gasteiger partial charge in [-0.05, 0) is 42.7 Å². The number of ether oxygens (including phenoxy) is 1. The quantitative estimate of drug-likeness (QED) is 0.857. The fourth-order valence-corrected chi connectivity index (χ4v) is 2.05. The average Bonchev–Trinajstić information content (AvgIpc) is 2.41. The van der Waals surface area contributed by atoms with Crippen molar-refractivity contribution in [1.82, 2.24) is 5.32 Å². The SMILES string of the molecule is Cc1ccccc1Oc1ccc(CNC(C)C)cc1C. The lowest BCUT2D eigenvalue weighted by atomic mass is 10.1. The van der Waals surface area contributed by atoms with Gasteiger partial charge >= 0.3 is 0 Å². The Hall–Kier alpha value is -1.80. The van der Waals surface area contributed by atoms with Crippen LogP contribution in [0.15, 0.2) is 42.5 Å². The minimum atomic E-state index is 0.498. The maximum absolute atomic E-state index is 6.00. The highest BCUT2D eigenvalue weighted by atomic mass is 16.5. The topological polar surface area (TPSA) is 21.3 Å². The molecule has 0 fully saturated rings. The lowest BCUT2D eigenvalue weighted by molar-refractivity contribution is 0.474. The van der Waals surface area contributed by atoms with E-state index in [2.05, 4.69) is 57.3 Å². The first kappa shape index (κ1) is 14.6. The molecule has 0 radical (unpaired) electrons. The molecular weight excluding hydrogens is 246 g/mol. The summed E-state index contributed by atoms with van der Waals surface area (Å²) >= 11 is 0. The molecule has 0 atom stereocenters. The third kappa shape index (κ3) is 3.84. The maximum atomic E-state index is 6.00. The number of benzene rings is 2. The summed E-state index contributed by atoms with van der Waals surface area (Å²) in [6, 6.07) is 14.9. The average molecular weight is 269 g/mol. The fraction of sp³-hybridized carbons (Fsp3) is 0.333. The monoisotopic (exact) mass is 269 g/mol.